The Morgan fingerprint density at radius 3 is 2.17 bits per heavy atom. The molecule has 0 aliphatic carbocycles. The van der Waals surface area contributed by atoms with Gasteiger partial charge in [-0.05, 0) is 0 Å². The first-order chi connectivity index (χ1) is 20.7. The van der Waals surface area contributed by atoms with Crippen molar-refractivity contribution in [3.8, 4) is 0 Å². The molecule has 9 heteroatoms. The van der Waals surface area contributed by atoms with Gasteiger partial charge in [-0.1, -0.05) is 97.1 Å². The standard InChI is InChI=1S/C33H20N8O/c42-33-40-29-21-13-5-6-14-22(21)31(40)38-27-19-11-3-4-12-20(19)28(35-27)39-32-24-16-8-7-15-23(24)30(41(32)33)37-26-18-10-2-1-9-17(18)25(34-26)36-29/h1-16,25,32,36H,(H,35,38,39)/b37-30-. The van der Waals surface area contributed by atoms with E-state index in [4.69, 9.17) is 20.0 Å². The maximum absolute atomic E-state index is 15.1. The summed E-state index contributed by atoms with van der Waals surface area (Å²) in [5.41, 5.74) is 5.60. The van der Waals surface area contributed by atoms with Gasteiger partial charge in [-0.2, -0.15) is 0 Å². The van der Waals surface area contributed by atoms with Gasteiger partial charge in [-0.25, -0.2) is 29.3 Å². The number of amides is 1. The lowest BCUT2D eigenvalue weighted by atomic mass is 10.1. The van der Waals surface area contributed by atoms with Gasteiger partial charge in [0.05, 0.1) is 0 Å². The Labute approximate surface area is 239 Å². The quantitative estimate of drug-likeness (QED) is 0.262. The van der Waals surface area contributed by atoms with E-state index >= 15 is 4.79 Å². The molecule has 42 heavy (non-hydrogen) atoms. The molecule has 5 aromatic rings. The smallest absolute Gasteiger partial charge is 0.339 e. The lowest BCUT2D eigenvalue weighted by Crippen LogP contribution is -2.45. The first-order valence-electron chi connectivity index (χ1n) is 13.9. The Kier molecular flexibility index (Phi) is 4.00. The van der Waals surface area contributed by atoms with Crippen molar-refractivity contribution in [2.24, 2.45) is 20.0 Å². The third-order valence-corrected chi connectivity index (χ3v) is 8.60. The molecule has 2 N–H and O–H groups in total. The number of aliphatic imine (C=N–C) groups is 4. The highest BCUT2D eigenvalue weighted by atomic mass is 16.2. The van der Waals surface area contributed by atoms with Gasteiger partial charge in [0.2, 0.25) is 0 Å². The van der Waals surface area contributed by atoms with Crippen molar-refractivity contribution >= 4 is 51.8 Å². The van der Waals surface area contributed by atoms with Crippen molar-refractivity contribution in [3.05, 3.63) is 130 Å². The zero-order valence-electron chi connectivity index (χ0n) is 22.0. The molecule has 0 fully saturated rings. The second-order valence-electron chi connectivity index (χ2n) is 10.8. The van der Waals surface area contributed by atoms with E-state index in [1.54, 1.807) is 9.47 Å². The lowest BCUT2D eigenvalue weighted by molar-refractivity contribution is 0.210. The van der Waals surface area contributed by atoms with E-state index in [-0.39, 0.29) is 6.03 Å². The van der Waals surface area contributed by atoms with Crippen LogP contribution in [0.4, 0.5) is 16.4 Å². The van der Waals surface area contributed by atoms with Crippen molar-refractivity contribution in [2.75, 3.05) is 5.32 Å². The summed E-state index contributed by atoms with van der Waals surface area (Å²) in [5, 5.41) is 8.95. The number of fused-ring (bicyclic) bond motifs is 14. The van der Waals surface area contributed by atoms with Crippen molar-refractivity contribution in [3.63, 3.8) is 0 Å². The number of rotatable bonds is 0. The lowest BCUT2D eigenvalue weighted by Gasteiger charge is -2.29. The Hall–Kier alpha value is -5.83. The summed E-state index contributed by atoms with van der Waals surface area (Å²) in [6.45, 7) is 0. The van der Waals surface area contributed by atoms with Gasteiger partial charge in [-0.15, -0.1) is 0 Å². The zero-order valence-corrected chi connectivity index (χ0v) is 22.0. The fourth-order valence-electron chi connectivity index (χ4n) is 6.73. The van der Waals surface area contributed by atoms with E-state index in [1.165, 1.54) is 0 Å². The van der Waals surface area contributed by atoms with E-state index < -0.39 is 12.3 Å². The minimum Gasteiger partial charge on any atom is -0.345 e. The molecule has 4 aromatic carbocycles. The number of amidine groups is 4. The number of hydrogen-bond donors (Lipinski definition) is 2. The number of nitrogens with zero attached hydrogens (tertiary/aromatic N) is 6. The maximum Gasteiger partial charge on any atom is 0.339 e. The van der Waals surface area contributed by atoms with Gasteiger partial charge >= 0.3 is 6.03 Å². The fourth-order valence-corrected chi connectivity index (χ4v) is 6.73. The molecule has 0 spiro atoms. The number of aromatic nitrogens is 1. The predicted octanol–water partition coefficient (Wildman–Crippen LogP) is 5.70. The van der Waals surface area contributed by atoms with Crippen molar-refractivity contribution in [2.45, 2.75) is 12.3 Å². The number of nitrogens with one attached hydrogen (secondary N) is 2. The average Bonchev–Trinajstić information content (AvgIpc) is 3.74. The van der Waals surface area contributed by atoms with Gasteiger partial charge in [0, 0.05) is 44.2 Å². The monoisotopic (exact) mass is 544 g/mol. The largest absolute Gasteiger partial charge is 0.345 e. The van der Waals surface area contributed by atoms with Crippen LogP contribution in [0.5, 0.6) is 0 Å². The molecule has 5 aliphatic heterocycles. The SMILES string of the molecule is O=C1N2/C3=N\C4=NC(Nc5c6ccccc6c(n51)/N=C1\N=C(NC2c2ccccc23)c2ccccc21)c1ccccc14. The highest BCUT2D eigenvalue weighted by molar-refractivity contribution is 6.25. The summed E-state index contributed by atoms with van der Waals surface area (Å²) in [7, 11) is 0. The van der Waals surface area contributed by atoms with Crippen LogP contribution in [0.2, 0.25) is 0 Å². The van der Waals surface area contributed by atoms with Crippen LogP contribution in [0.15, 0.2) is 117 Å². The van der Waals surface area contributed by atoms with Crippen LogP contribution in [0, 0.1) is 0 Å². The third-order valence-electron chi connectivity index (χ3n) is 8.60. The van der Waals surface area contributed by atoms with Crippen LogP contribution >= 0.6 is 0 Å². The molecule has 2 unspecified atom stereocenters. The molecule has 9 nitrogen and oxygen atoms in total. The maximum atomic E-state index is 15.1. The third kappa shape index (κ3) is 2.69. The van der Waals surface area contributed by atoms with Gasteiger partial charge in [0.1, 0.15) is 29.8 Å². The molecule has 0 saturated heterocycles. The van der Waals surface area contributed by atoms with Crippen LogP contribution in [0.1, 0.15) is 45.7 Å². The molecule has 5 aliphatic rings. The number of hydrogen-bond acceptors (Lipinski definition) is 7. The number of anilines is 1. The highest BCUT2D eigenvalue weighted by Gasteiger charge is 2.45. The summed E-state index contributed by atoms with van der Waals surface area (Å²) in [5.74, 6) is 3.50. The molecule has 6 bridgehead atoms. The minimum atomic E-state index is -0.560. The molecule has 2 atom stereocenters. The predicted molar refractivity (Wildman–Crippen MR) is 162 cm³/mol. The second-order valence-corrected chi connectivity index (χ2v) is 10.8. The molecular formula is C33H20N8O. The van der Waals surface area contributed by atoms with Crippen LogP contribution in [-0.2, 0) is 0 Å². The molecule has 6 heterocycles. The highest BCUT2D eigenvalue weighted by Crippen LogP contribution is 2.44. The fraction of sp³-hybridized carbons (Fsp3) is 0.0606. The molecule has 1 amide bonds. The van der Waals surface area contributed by atoms with E-state index in [0.717, 1.165) is 44.2 Å². The normalized spacial score (nSPS) is 22.9. The van der Waals surface area contributed by atoms with E-state index in [1.807, 2.05) is 91.0 Å². The zero-order chi connectivity index (χ0) is 27.5. The van der Waals surface area contributed by atoms with Gasteiger partial charge in [0.25, 0.3) is 0 Å². The van der Waals surface area contributed by atoms with Crippen molar-refractivity contribution in [1.29, 1.82) is 0 Å². The van der Waals surface area contributed by atoms with Crippen LogP contribution in [0.25, 0.3) is 10.8 Å². The van der Waals surface area contributed by atoms with Crippen molar-refractivity contribution in [1.82, 2.24) is 14.8 Å². The van der Waals surface area contributed by atoms with E-state index in [9.17, 15) is 0 Å². The summed E-state index contributed by atoms with van der Waals surface area (Å²) < 4.78 is 1.68. The molecule has 0 saturated carbocycles. The summed E-state index contributed by atoms with van der Waals surface area (Å²) in [6.07, 6.45) is -0.983. The van der Waals surface area contributed by atoms with Crippen LogP contribution in [0.3, 0.4) is 0 Å². The number of carbonyl (C=O) groups excluding carboxylic acids is 1. The van der Waals surface area contributed by atoms with Crippen LogP contribution in [-0.4, -0.2) is 38.8 Å². The topological polar surface area (TPSA) is 98.7 Å². The average molecular weight is 545 g/mol. The molecule has 1 aromatic heterocycles. The number of benzene rings is 4. The Morgan fingerprint density at radius 1 is 0.619 bits per heavy atom. The van der Waals surface area contributed by atoms with E-state index in [0.29, 0.717) is 35.0 Å². The summed E-state index contributed by atoms with van der Waals surface area (Å²) in [6, 6.07) is 31.8. The van der Waals surface area contributed by atoms with Gasteiger partial charge < -0.3 is 10.6 Å². The summed E-state index contributed by atoms with van der Waals surface area (Å²) in [4.78, 5) is 37.1. The minimum absolute atomic E-state index is 0.266. The Balaban J connectivity index is 1.37. The van der Waals surface area contributed by atoms with Gasteiger partial charge in [0.15, 0.2) is 17.5 Å². The molecular weight excluding hydrogens is 524 g/mol. The van der Waals surface area contributed by atoms with Crippen LogP contribution < -0.4 is 10.6 Å². The van der Waals surface area contributed by atoms with E-state index in [2.05, 4.69) is 16.7 Å². The summed E-state index contributed by atoms with van der Waals surface area (Å²) >= 11 is 0. The number of carbonyl (C=O) groups is 1. The Bertz CT molecular complexity index is 2200. The molecule has 198 valence electrons. The molecule has 0 radical (unpaired) electrons. The first kappa shape index (κ1) is 21.9. The van der Waals surface area contributed by atoms with Crippen molar-refractivity contribution < 1.29 is 4.79 Å². The van der Waals surface area contributed by atoms with Gasteiger partial charge in [-0.3, -0.25) is 4.90 Å². The Morgan fingerprint density at radius 2 is 1.31 bits per heavy atom. The molecule has 10 rings (SSSR count). The second kappa shape index (κ2) is 7.67. The first-order valence-corrected chi connectivity index (χ1v) is 13.9.